The number of fused-ring (bicyclic) bond motifs is 1. The highest BCUT2D eigenvalue weighted by atomic mass is 33.1. The fourth-order valence-corrected chi connectivity index (χ4v) is 11.9. The zero-order valence-corrected chi connectivity index (χ0v) is 38.8. The average Bonchev–Trinajstić information content (AvgIpc) is 3.79. The van der Waals surface area contributed by atoms with E-state index < -0.39 is 59.0 Å². The topological polar surface area (TPSA) is 206 Å². The first kappa shape index (κ1) is 46.6. The number of hydrogen-bond donors (Lipinski definition) is 5. The van der Waals surface area contributed by atoms with Crippen LogP contribution in [-0.2, 0) is 28.5 Å². The molecule has 15 nitrogen and oxygen atoms in total. The minimum Gasteiger partial charge on any atom is -0.408 e. The molecule has 0 radical (unpaired) electrons. The number of nitriles is 1. The van der Waals surface area contributed by atoms with Gasteiger partial charge >= 0.3 is 0 Å². The van der Waals surface area contributed by atoms with Crippen LogP contribution in [0.25, 0.3) is 11.2 Å². The minimum absolute atomic E-state index is 0.0291. The summed E-state index contributed by atoms with van der Waals surface area (Å²) in [5, 5.41) is 15.8. The summed E-state index contributed by atoms with van der Waals surface area (Å²) in [4.78, 5) is 58.2. The lowest BCUT2D eigenvalue weighted by atomic mass is 9.76. The van der Waals surface area contributed by atoms with Crippen LogP contribution in [0.15, 0.2) is 102 Å². The Morgan fingerprint density at radius 3 is 2.08 bits per heavy atom. The molecule has 0 saturated carbocycles. The third-order valence-corrected chi connectivity index (χ3v) is 20.4. The first-order chi connectivity index (χ1) is 29.1. The van der Waals surface area contributed by atoms with Gasteiger partial charge < -0.3 is 28.0 Å². The van der Waals surface area contributed by atoms with E-state index in [0.29, 0.717) is 0 Å². The number of H-pyrrole nitrogens is 1. The second-order valence-electron chi connectivity index (χ2n) is 16.4. The van der Waals surface area contributed by atoms with Gasteiger partial charge in [-0.1, -0.05) is 126 Å². The molecule has 1 aliphatic rings. The maximum Gasteiger partial charge on any atom is 0.280 e. The number of carbonyl (C=O) groups excluding carboxylic acids is 1. The Bertz CT molecular complexity index is 2230. The number of hydrogen-bond acceptors (Lipinski definition) is 13. The molecule has 1 amide bonds. The van der Waals surface area contributed by atoms with Gasteiger partial charge in [-0.15, -0.1) is 0 Å². The molecule has 5 N–H and O–H groups in total. The standard InChI is InChI=1S/C42H53N7O8P2SSi/c1-28(2)37(50)46-40-45-36-34(38(51)47-40)44-27-49(36)39-35(57-61(6,7)41(3,4)5)33(32(56-39)26-55-59(60-58(52)53)54-25-17-24-43)48-42(29-18-11-8-12-19-29,30-20-13-9-14-21-30)31-22-15-10-16-23-31/h8-16,18-23,27-28,32-33,35,39,48,52-53H,17,25-26H2,1-7H3,(H2,45,46,47,50,51)/t32?,33-,35?,39+,59?/m0/s1. The Hall–Kier alpha value is -3.88. The molecule has 0 spiro atoms. The van der Waals surface area contributed by atoms with Crippen LogP contribution in [0.3, 0.4) is 0 Å². The van der Waals surface area contributed by atoms with Crippen LogP contribution in [-0.4, -0.2) is 75.0 Å². The quantitative estimate of drug-likeness (QED) is 0.0244. The van der Waals surface area contributed by atoms with Crippen LogP contribution in [0.4, 0.5) is 5.95 Å². The number of nitrogens with one attached hydrogen (secondary N) is 3. The molecular formula is C42H53N7O8P2SSi. The molecule has 1 saturated heterocycles. The number of amides is 1. The maximum absolute atomic E-state index is 13.5. The number of anilines is 1. The summed E-state index contributed by atoms with van der Waals surface area (Å²) in [6, 6.07) is 31.7. The smallest absolute Gasteiger partial charge is 0.280 e. The number of aromatic nitrogens is 4. The van der Waals surface area contributed by atoms with Crippen molar-refractivity contribution in [3.63, 3.8) is 0 Å². The summed E-state index contributed by atoms with van der Waals surface area (Å²) >= 11 is 0.751. The summed E-state index contributed by atoms with van der Waals surface area (Å²) in [5.74, 6) is -0.740. The molecule has 0 aliphatic carbocycles. The lowest BCUT2D eigenvalue weighted by Gasteiger charge is -2.44. The lowest BCUT2D eigenvalue weighted by molar-refractivity contribution is -0.118. The maximum atomic E-state index is 13.5. The molecule has 5 aromatic rings. The van der Waals surface area contributed by atoms with Crippen molar-refractivity contribution < 1.29 is 32.8 Å². The van der Waals surface area contributed by atoms with E-state index in [1.54, 1.807) is 18.4 Å². The number of nitrogens with zero attached hydrogens (tertiary/aromatic N) is 4. The molecule has 324 valence electrons. The molecule has 3 heterocycles. The Kier molecular flexibility index (Phi) is 15.4. The van der Waals surface area contributed by atoms with E-state index >= 15 is 0 Å². The molecular weight excluding hydrogens is 853 g/mol. The van der Waals surface area contributed by atoms with Gasteiger partial charge in [0.05, 0.1) is 43.6 Å². The van der Waals surface area contributed by atoms with Crippen LogP contribution in [0.1, 0.15) is 64.0 Å². The molecule has 3 unspecified atom stereocenters. The molecule has 2 aromatic heterocycles. The monoisotopic (exact) mass is 905 g/mol. The SMILES string of the molecule is CC(C)C(=O)Nc1nc2c(ncn2[C@@H]2OC(COP(OCCC#N)SP(O)O)[C@H](NC(c3ccccc3)(c3ccccc3)c3ccccc3)C2O[Si](C)(C)C(C)(C)C)c(=O)[nH]1. The van der Waals surface area contributed by atoms with Crippen molar-refractivity contribution in [2.24, 2.45) is 5.92 Å². The fraction of sp³-hybridized carbons (Fsp3) is 0.405. The van der Waals surface area contributed by atoms with Gasteiger partial charge in [-0.05, 0) is 34.8 Å². The van der Waals surface area contributed by atoms with Crippen molar-refractivity contribution >= 4 is 57.5 Å². The van der Waals surface area contributed by atoms with E-state index in [4.69, 9.17) is 23.2 Å². The van der Waals surface area contributed by atoms with Gasteiger partial charge in [0, 0.05) is 16.9 Å². The fourth-order valence-electron chi connectivity index (χ4n) is 6.86. The third kappa shape index (κ3) is 10.7. The zero-order valence-electron chi connectivity index (χ0n) is 35.2. The Morgan fingerprint density at radius 1 is 1.00 bits per heavy atom. The molecule has 1 fully saturated rings. The minimum atomic E-state index is -2.68. The summed E-state index contributed by atoms with van der Waals surface area (Å²) in [6.45, 7) is 14.2. The van der Waals surface area contributed by atoms with Crippen molar-refractivity contribution in [2.75, 3.05) is 18.5 Å². The number of imidazole rings is 1. The molecule has 3 aromatic carbocycles. The average molecular weight is 906 g/mol. The number of rotatable bonds is 18. The lowest BCUT2D eigenvalue weighted by Crippen LogP contribution is -2.59. The van der Waals surface area contributed by atoms with Crippen LogP contribution < -0.4 is 16.2 Å². The first-order valence-electron chi connectivity index (χ1n) is 19.9. The molecule has 1 aliphatic heterocycles. The van der Waals surface area contributed by atoms with Crippen molar-refractivity contribution in [2.45, 2.75) is 89.2 Å². The highest BCUT2D eigenvalue weighted by Gasteiger charge is 2.54. The van der Waals surface area contributed by atoms with E-state index in [9.17, 15) is 24.6 Å². The predicted octanol–water partition coefficient (Wildman–Crippen LogP) is 8.07. The van der Waals surface area contributed by atoms with Gasteiger partial charge in [0.2, 0.25) is 27.0 Å². The number of benzene rings is 3. The second-order valence-corrected chi connectivity index (χ2v) is 26.6. The summed E-state index contributed by atoms with van der Waals surface area (Å²) in [5.41, 5.74) is 1.48. The van der Waals surface area contributed by atoms with E-state index in [1.807, 2.05) is 60.7 Å². The highest BCUT2D eigenvalue weighted by molar-refractivity contribution is 8.81. The summed E-state index contributed by atoms with van der Waals surface area (Å²) in [7, 11) is -7.09. The van der Waals surface area contributed by atoms with Crippen LogP contribution >= 0.6 is 26.2 Å². The Morgan fingerprint density at radius 2 is 1.57 bits per heavy atom. The van der Waals surface area contributed by atoms with E-state index in [2.05, 4.69) is 90.9 Å². The molecule has 0 bridgehead atoms. The predicted molar refractivity (Wildman–Crippen MR) is 242 cm³/mol. The van der Waals surface area contributed by atoms with E-state index in [-0.39, 0.29) is 53.6 Å². The number of aromatic amines is 1. The van der Waals surface area contributed by atoms with Gasteiger partial charge in [-0.3, -0.25) is 29.8 Å². The Balaban J connectivity index is 1.57. The highest BCUT2D eigenvalue weighted by Crippen LogP contribution is 2.66. The van der Waals surface area contributed by atoms with Gasteiger partial charge in [-0.2, -0.15) is 10.2 Å². The van der Waals surface area contributed by atoms with Gasteiger partial charge in [0.1, 0.15) is 12.2 Å². The van der Waals surface area contributed by atoms with Crippen molar-refractivity contribution in [3.8, 4) is 6.07 Å². The van der Waals surface area contributed by atoms with Gasteiger partial charge in [0.25, 0.3) is 5.56 Å². The first-order valence-corrected chi connectivity index (χ1v) is 27.3. The van der Waals surface area contributed by atoms with Crippen molar-refractivity contribution in [3.05, 3.63) is 124 Å². The van der Waals surface area contributed by atoms with E-state index in [1.165, 1.54) is 6.33 Å². The van der Waals surface area contributed by atoms with Crippen molar-refractivity contribution in [1.82, 2.24) is 24.8 Å². The van der Waals surface area contributed by atoms with Gasteiger partial charge in [-0.25, -0.2) is 4.98 Å². The molecule has 19 heteroatoms. The van der Waals surface area contributed by atoms with Crippen molar-refractivity contribution in [1.29, 1.82) is 5.26 Å². The zero-order chi connectivity index (χ0) is 44.0. The number of carbonyl (C=O) groups is 1. The van der Waals surface area contributed by atoms with Crippen LogP contribution in [0.2, 0.25) is 18.1 Å². The number of ether oxygens (including phenoxy) is 1. The third-order valence-electron chi connectivity index (χ3n) is 11.0. The van der Waals surface area contributed by atoms with Crippen LogP contribution in [0, 0.1) is 17.2 Å². The van der Waals surface area contributed by atoms with E-state index in [0.717, 1.165) is 27.7 Å². The second kappa shape index (κ2) is 20.1. The van der Waals surface area contributed by atoms with Gasteiger partial charge in [0.15, 0.2) is 25.7 Å². The molecule has 5 atom stereocenters. The largest absolute Gasteiger partial charge is 0.408 e. The summed E-state index contributed by atoms with van der Waals surface area (Å²) in [6.07, 6.45) is -0.990. The Labute approximate surface area is 363 Å². The molecule has 61 heavy (non-hydrogen) atoms. The normalized spacial score (nSPS) is 19.0. The van der Waals surface area contributed by atoms with Crippen LogP contribution in [0.5, 0.6) is 0 Å². The summed E-state index contributed by atoms with van der Waals surface area (Å²) < 4.78 is 28.5. The molecule has 6 rings (SSSR count).